The lowest BCUT2D eigenvalue weighted by molar-refractivity contribution is 0.654. The van der Waals surface area contributed by atoms with Crippen LogP contribution in [-0.2, 0) is 0 Å². The molecule has 0 radical (unpaired) electrons. The molecule has 0 amide bonds. The molecule has 1 aliphatic heterocycles. The fourth-order valence-corrected chi connectivity index (χ4v) is 8.03. The molecule has 1 fully saturated rings. The van der Waals surface area contributed by atoms with Crippen LogP contribution in [0, 0.1) is 0 Å². The maximum absolute atomic E-state index is 2.69. The Labute approximate surface area is 215 Å². The molecule has 3 heteroatoms. The van der Waals surface area contributed by atoms with Crippen molar-refractivity contribution in [3.05, 3.63) is 127 Å². The third kappa shape index (κ3) is 4.27. The largest absolute Gasteiger partial charge is 0.354 e. The van der Waals surface area contributed by atoms with Gasteiger partial charge in [0.15, 0.2) is 0 Å². The van der Waals surface area contributed by atoms with Gasteiger partial charge in [0.05, 0.1) is 5.69 Å². The second-order valence-corrected chi connectivity index (χ2v) is 11.6. The molecule has 1 saturated heterocycles. The van der Waals surface area contributed by atoms with Crippen molar-refractivity contribution in [3.8, 4) is 0 Å². The molecule has 5 aromatic rings. The topological polar surface area (TPSA) is 6.48 Å². The van der Waals surface area contributed by atoms with Gasteiger partial charge in [-0.2, -0.15) is 0 Å². The first-order chi connectivity index (χ1) is 17.8. The molecule has 0 bridgehead atoms. The lowest BCUT2D eigenvalue weighted by atomic mass is 10.1. The highest BCUT2D eigenvalue weighted by atomic mass is 31.1. The van der Waals surface area contributed by atoms with Crippen LogP contribution in [0.15, 0.2) is 127 Å². The van der Waals surface area contributed by atoms with Gasteiger partial charge in [0.1, 0.15) is 6.17 Å². The molecule has 1 heterocycles. The Bertz CT molecular complexity index is 1400. The zero-order valence-corrected chi connectivity index (χ0v) is 21.6. The highest BCUT2D eigenvalue weighted by molar-refractivity contribution is 7.80. The lowest BCUT2D eigenvalue weighted by Gasteiger charge is -2.38. The van der Waals surface area contributed by atoms with Crippen LogP contribution in [0.25, 0.3) is 10.8 Å². The smallest absolute Gasteiger partial charge is 0.101 e. The van der Waals surface area contributed by atoms with Gasteiger partial charge in [0, 0.05) is 30.0 Å². The van der Waals surface area contributed by atoms with Crippen molar-refractivity contribution in [1.82, 2.24) is 0 Å². The van der Waals surface area contributed by atoms with E-state index in [1.165, 1.54) is 44.5 Å². The SMILES string of the molecule is CN(c1ccccc1)[C@@H]1CCCN1c1c(P(c2ccccc2)c2ccccc2)ccc2ccccc12. The molecule has 0 saturated carbocycles. The lowest BCUT2D eigenvalue weighted by Crippen LogP contribution is -2.44. The zero-order valence-electron chi connectivity index (χ0n) is 20.7. The van der Waals surface area contributed by atoms with Crippen molar-refractivity contribution in [1.29, 1.82) is 0 Å². The van der Waals surface area contributed by atoms with E-state index in [-0.39, 0.29) is 0 Å². The first-order valence-corrected chi connectivity index (χ1v) is 14.1. The Kier molecular flexibility index (Phi) is 6.45. The Balaban J connectivity index is 1.56. The van der Waals surface area contributed by atoms with Gasteiger partial charge in [0.25, 0.3) is 0 Å². The second kappa shape index (κ2) is 10.2. The molecule has 6 rings (SSSR count). The minimum absolute atomic E-state index is 0.320. The number of hydrogen-bond donors (Lipinski definition) is 0. The third-order valence-corrected chi connectivity index (χ3v) is 9.74. The molecule has 1 aliphatic rings. The summed E-state index contributed by atoms with van der Waals surface area (Å²) in [5.41, 5.74) is 2.67. The Morgan fingerprint density at radius 3 is 1.92 bits per heavy atom. The predicted molar refractivity (Wildman–Crippen MR) is 158 cm³/mol. The monoisotopic (exact) mass is 486 g/mol. The fourth-order valence-electron chi connectivity index (χ4n) is 5.56. The summed E-state index contributed by atoms with van der Waals surface area (Å²) < 4.78 is 0. The van der Waals surface area contributed by atoms with Gasteiger partial charge in [-0.25, -0.2) is 0 Å². The molecular weight excluding hydrogens is 455 g/mol. The molecule has 5 aromatic carbocycles. The van der Waals surface area contributed by atoms with Crippen LogP contribution in [0.3, 0.4) is 0 Å². The summed E-state index contributed by atoms with van der Waals surface area (Å²) in [6.07, 6.45) is 2.67. The molecule has 1 atom stereocenters. The van der Waals surface area contributed by atoms with Gasteiger partial charge >= 0.3 is 0 Å². The quantitative estimate of drug-likeness (QED) is 0.248. The van der Waals surface area contributed by atoms with Crippen molar-refractivity contribution in [2.75, 3.05) is 23.4 Å². The number of para-hydroxylation sites is 1. The molecule has 0 aromatic heterocycles. The van der Waals surface area contributed by atoms with Crippen LogP contribution < -0.4 is 25.7 Å². The molecule has 2 nitrogen and oxygen atoms in total. The van der Waals surface area contributed by atoms with E-state index < -0.39 is 7.92 Å². The van der Waals surface area contributed by atoms with E-state index in [9.17, 15) is 0 Å². The van der Waals surface area contributed by atoms with E-state index >= 15 is 0 Å². The zero-order chi connectivity index (χ0) is 24.3. The summed E-state index contributed by atoms with van der Waals surface area (Å²) in [4.78, 5) is 5.15. The molecule has 36 heavy (non-hydrogen) atoms. The number of rotatable bonds is 6. The molecule has 178 valence electrons. The first kappa shape index (κ1) is 22.8. The standard InChI is InChI=1S/C33H31N2P/c1-34(27-15-5-2-6-16-27)32-22-13-25-35(32)33-30-21-12-11-14-26(30)23-24-31(33)36(28-17-7-3-8-18-28)29-19-9-4-10-20-29/h2-12,14-21,23-24,32H,13,22,25H2,1H3/t32-/m0/s1. The van der Waals surface area contributed by atoms with Gasteiger partial charge in [0.2, 0.25) is 0 Å². The van der Waals surface area contributed by atoms with E-state index in [0.717, 1.165) is 13.0 Å². The number of benzene rings is 5. The minimum atomic E-state index is -0.709. The minimum Gasteiger partial charge on any atom is -0.354 e. The van der Waals surface area contributed by atoms with Gasteiger partial charge in [-0.15, -0.1) is 0 Å². The van der Waals surface area contributed by atoms with Crippen LogP contribution in [0.4, 0.5) is 11.4 Å². The molecule has 0 spiro atoms. The molecular formula is C33H31N2P. The van der Waals surface area contributed by atoms with Crippen molar-refractivity contribution in [2.24, 2.45) is 0 Å². The average Bonchev–Trinajstić information content (AvgIpc) is 3.44. The highest BCUT2D eigenvalue weighted by Crippen LogP contribution is 2.42. The predicted octanol–water partition coefficient (Wildman–Crippen LogP) is 6.66. The first-order valence-electron chi connectivity index (χ1n) is 12.8. The number of fused-ring (bicyclic) bond motifs is 1. The van der Waals surface area contributed by atoms with Crippen LogP contribution in [0.2, 0.25) is 0 Å². The normalized spacial score (nSPS) is 15.5. The second-order valence-electron chi connectivity index (χ2n) is 9.42. The average molecular weight is 487 g/mol. The van der Waals surface area contributed by atoms with Crippen LogP contribution in [0.1, 0.15) is 12.8 Å². The number of nitrogens with zero attached hydrogens (tertiary/aromatic N) is 2. The summed E-state index contributed by atoms with van der Waals surface area (Å²) >= 11 is 0. The van der Waals surface area contributed by atoms with E-state index in [2.05, 4.69) is 144 Å². The van der Waals surface area contributed by atoms with Crippen molar-refractivity contribution in [3.63, 3.8) is 0 Å². The molecule has 0 aliphatic carbocycles. The summed E-state index contributed by atoms with van der Waals surface area (Å²) in [7, 11) is 1.54. The summed E-state index contributed by atoms with van der Waals surface area (Å²) in [5.74, 6) is 0. The van der Waals surface area contributed by atoms with Crippen molar-refractivity contribution in [2.45, 2.75) is 19.0 Å². The van der Waals surface area contributed by atoms with Gasteiger partial charge in [-0.3, -0.25) is 0 Å². The third-order valence-electron chi connectivity index (χ3n) is 7.27. The fraction of sp³-hybridized carbons (Fsp3) is 0.152. The molecule has 0 unspecified atom stereocenters. The number of anilines is 2. The van der Waals surface area contributed by atoms with E-state index in [1.54, 1.807) is 0 Å². The van der Waals surface area contributed by atoms with Gasteiger partial charge in [-0.05, 0) is 48.9 Å². The van der Waals surface area contributed by atoms with Crippen LogP contribution in [0.5, 0.6) is 0 Å². The van der Waals surface area contributed by atoms with Crippen LogP contribution >= 0.6 is 7.92 Å². The highest BCUT2D eigenvalue weighted by Gasteiger charge is 2.33. The van der Waals surface area contributed by atoms with Gasteiger partial charge < -0.3 is 9.80 Å². The Morgan fingerprint density at radius 2 is 1.25 bits per heavy atom. The van der Waals surface area contributed by atoms with Crippen molar-refractivity contribution >= 4 is 46.0 Å². The molecule has 0 N–H and O–H groups in total. The van der Waals surface area contributed by atoms with Crippen LogP contribution in [-0.4, -0.2) is 19.8 Å². The van der Waals surface area contributed by atoms with E-state index in [1.807, 2.05) is 0 Å². The maximum Gasteiger partial charge on any atom is 0.101 e. The number of hydrogen-bond acceptors (Lipinski definition) is 2. The van der Waals surface area contributed by atoms with Gasteiger partial charge in [-0.1, -0.05) is 115 Å². The summed E-state index contributed by atoms with van der Waals surface area (Å²) in [5, 5.41) is 6.88. The Morgan fingerprint density at radius 1 is 0.667 bits per heavy atom. The van der Waals surface area contributed by atoms with Crippen molar-refractivity contribution < 1.29 is 0 Å². The maximum atomic E-state index is 2.69. The summed E-state index contributed by atoms with van der Waals surface area (Å²) in [6.45, 7) is 1.07. The van der Waals surface area contributed by atoms with E-state index in [4.69, 9.17) is 0 Å². The Hall–Kier alpha value is -3.61. The summed E-state index contributed by atoms with van der Waals surface area (Å²) in [6, 6.07) is 46.6. The van der Waals surface area contributed by atoms with E-state index in [0.29, 0.717) is 6.17 Å².